The highest BCUT2D eigenvalue weighted by Crippen LogP contribution is 2.49. The number of fused-ring (bicyclic) bond motifs is 1. The first-order valence-electron chi connectivity index (χ1n) is 10.4. The number of benzene rings is 1. The van der Waals surface area contributed by atoms with Crippen molar-refractivity contribution in [1.29, 1.82) is 0 Å². The van der Waals surface area contributed by atoms with Gasteiger partial charge in [-0.15, -0.1) is 10.2 Å². The molecule has 3 N–H and O–H groups in total. The van der Waals surface area contributed by atoms with Crippen LogP contribution in [0.3, 0.4) is 0 Å². The van der Waals surface area contributed by atoms with Gasteiger partial charge in [0, 0.05) is 24.0 Å². The van der Waals surface area contributed by atoms with Gasteiger partial charge in [-0.05, 0) is 55.9 Å². The third-order valence-corrected chi connectivity index (χ3v) is 6.58. The minimum atomic E-state index is -3.12. The molecule has 3 aliphatic rings. The standard InChI is InChI=1S/C22H25F2N3O3/c1-12-4-5-13(17(28)9-12)18-14-10-21(7-8-21)30-11-15(14)20(27-26-18)25-16-3-2-6-22(23,24)19(16)29/h4-5,9,16,19,28-29H,2-3,6-8,10-11H2,1H3,(H,25,27)/t16-,19+/m1/s1. The quantitative estimate of drug-likeness (QED) is 0.706. The van der Waals surface area contributed by atoms with Crippen LogP contribution in [-0.4, -0.2) is 44.1 Å². The normalized spacial score (nSPS) is 26.3. The van der Waals surface area contributed by atoms with Crippen molar-refractivity contribution < 1.29 is 23.7 Å². The van der Waals surface area contributed by atoms with E-state index in [1.165, 1.54) is 0 Å². The predicted molar refractivity (Wildman–Crippen MR) is 107 cm³/mol. The molecule has 1 aromatic heterocycles. The van der Waals surface area contributed by atoms with Crippen LogP contribution in [0, 0.1) is 6.92 Å². The minimum Gasteiger partial charge on any atom is -0.507 e. The Kier molecular flexibility index (Phi) is 4.48. The molecule has 2 atom stereocenters. The van der Waals surface area contributed by atoms with Crippen LogP contribution in [0.5, 0.6) is 5.75 Å². The first-order chi connectivity index (χ1) is 14.3. The maximum Gasteiger partial charge on any atom is 0.275 e. The Morgan fingerprint density at radius 3 is 2.70 bits per heavy atom. The van der Waals surface area contributed by atoms with Crippen molar-refractivity contribution in [2.75, 3.05) is 5.32 Å². The number of alkyl halides is 2. The smallest absolute Gasteiger partial charge is 0.275 e. The molecular weight excluding hydrogens is 392 g/mol. The molecule has 2 fully saturated rings. The molecule has 1 aliphatic heterocycles. The van der Waals surface area contributed by atoms with Gasteiger partial charge in [0.05, 0.1) is 18.2 Å². The summed E-state index contributed by atoms with van der Waals surface area (Å²) in [7, 11) is 0. The summed E-state index contributed by atoms with van der Waals surface area (Å²) in [6, 6.07) is 4.61. The lowest BCUT2D eigenvalue weighted by Crippen LogP contribution is -2.50. The van der Waals surface area contributed by atoms with Crippen molar-refractivity contribution in [2.45, 2.75) is 75.7 Å². The largest absolute Gasteiger partial charge is 0.507 e. The van der Waals surface area contributed by atoms with E-state index in [2.05, 4.69) is 15.5 Å². The average molecular weight is 417 g/mol. The number of phenolic OH excluding ortho intramolecular Hbond substituents is 1. The molecule has 0 amide bonds. The van der Waals surface area contributed by atoms with Crippen molar-refractivity contribution in [3.05, 3.63) is 34.9 Å². The second-order valence-electron chi connectivity index (χ2n) is 8.87. The molecule has 0 bridgehead atoms. The Balaban J connectivity index is 1.54. The summed E-state index contributed by atoms with van der Waals surface area (Å²) in [5.41, 5.74) is 3.62. The van der Waals surface area contributed by atoms with E-state index >= 15 is 0 Å². The Labute approximate surface area is 173 Å². The number of hydrogen-bond acceptors (Lipinski definition) is 6. The Hall–Kier alpha value is -2.32. The highest BCUT2D eigenvalue weighted by atomic mass is 19.3. The average Bonchev–Trinajstić information content (AvgIpc) is 3.44. The van der Waals surface area contributed by atoms with Crippen LogP contribution in [0.25, 0.3) is 11.3 Å². The van der Waals surface area contributed by atoms with E-state index in [1.807, 2.05) is 19.1 Å². The topological polar surface area (TPSA) is 87.5 Å². The van der Waals surface area contributed by atoms with Gasteiger partial charge in [-0.3, -0.25) is 0 Å². The number of aromatic hydroxyl groups is 1. The molecule has 30 heavy (non-hydrogen) atoms. The van der Waals surface area contributed by atoms with Crippen LogP contribution in [0.4, 0.5) is 14.6 Å². The van der Waals surface area contributed by atoms with Gasteiger partial charge in [0.1, 0.15) is 17.5 Å². The summed E-state index contributed by atoms with van der Waals surface area (Å²) in [5.74, 6) is -2.62. The number of aromatic nitrogens is 2. The third kappa shape index (κ3) is 3.32. The van der Waals surface area contributed by atoms with Crippen LogP contribution in [0.2, 0.25) is 0 Å². The molecule has 2 heterocycles. The van der Waals surface area contributed by atoms with Crippen molar-refractivity contribution in [1.82, 2.24) is 10.2 Å². The number of aliphatic hydroxyl groups excluding tert-OH is 1. The van der Waals surface area contributed by atoms with Gasteiger partial charge in [0.2, 0.25) is 0 Å². The fourth-order valence-electron chi connectivity index (χ4n) is 4.57. The molecule has 8 heteroatoms. The Bertz CT molecular complexity index is 994. The van der Waals surface area contributed by atoms with E-state index in [0.717, 1.165) is 29.5 Å². The van der Waals surface area contributed by atoms with Crippen LogP contribution >= 0.6 is 0 Å². The van der Waals surface area contributed by atoms with Gasteiger partial charge in [0.15, 0.2) is 5.82 Å². The zero-order valence-corrected chi connectivity index (χ0v) is 16.8. The van der Waals surface area contributed by atoms with Crippen LogP contribution in [0.1, 0.15) is 48.8 Å². The zero-order valence-electron chi connectivity index (χ0n) is 16.8. The molecule has 0 radical (unpaired) electrons. The molecule has 2 aromatic rings. The van der Waals surface area contributed by atoms with E-state index in [9.17, 15) is 19.0 Å². The second kappa shape index (κ2) is 6.85. The summed E-state index contributed by atoms with van der Waals surface area (Å²) < 4.78 is 34.0. The highest BCUT2D eigenvalue weighted by Gasteiger charge is 2.49. The Morgan fingerprint density at radius 2 is 1.97 bits per heavy atom. The van der Waals surface area contributed by atoms with Crippen LogP contribution in [-0.2, 0) is 17.8 Å². The van der Waals surface area contributed by atoms with Gasteiger partial charge >= 0.3 is 0 Å². The minimum absolute atomic E-state index is 0.130. The van der Waals surface area contributed by atoms with Crippen molar-refractivity contribution in [2.24, 2.45) is 0 Å². The number of anilines is 1. The molecule has 160 valence electrons. The number of rotatable bonds is 3. The lowest BCUT2D eigenvalue weighted by Gasteiger charge is -2.36. The lowest BCUT2D eigenvalue weighted by atomic mass is 9.88. The van der Waals surface area contributed by atoms with Crippen molar-refractivity contribution >= 4 is 5.82 Å². The molecule has 5 rings (SSSR count). The molecular formula is C22H25F2N3O3. The number of ether oxygens (including phenoxy) is 1. The number of aliphatic hydroxyl groups is 1. The van der Waals surface area contributed by atoms with Gasteiger partial charge in [-0.2, -0.15) is 0 Å². The first kappa shape index (κ1) is 19.6. The van der Waals surface area contributed by atoms with E-state index < -0.39 is 18.1 Å². The summed E-state index contributed by atoms with van der Waals surface area (Å²) in [4.78, 5) is 0. The maximum atomic E-state index is 14.0. The molecule has 2 saturated carbocycles. The monoisotopic (exact) mass is 417 g/mol. The number of nitrogens with one attached hydrogen (secondary N) is 1. The van der Waals surface area contributed by atoms with Crippen molar-refractivity contribution in [3.63, 3.8) is 0 Å². The van der Waals surface area contributed by atoms with E-state index in [-0.39, 0.29) is 17.8 Å². The summed E-state index contributed by atoms with van der Waals surface area (Å²) in [5, 5.41) is 32.3. The zero-order chi connectivity index (χ0) is 21.1. The van der Waals surface area contributed by atoms with E-state index in [0.29, 0.717) is 42.9 Å². The number of aryl methyl sites for hydroxylation is 1. The van der Waals surface area contributed by atoms with E-state index in [1.54, 1.807) is 6.07 Å². The summed E-state index contributed by atoms with van der Waals surface area (Å²) >= 11 is 0. The molecule has 1 aromatic carbocycles. The fourth-order valence-corrected chi connectivity index (χ4v) is 4.57. The van der Waals surface area contributed by atoms with Gasteiger partial charge in [-0.25, -0.2) is 8.78 Å². The summed E-state index contributed by atoms with van der Waals surface area (Å²) in [6.07, 6.45) is 1.23. The molecule has 0 saturated heterocycles. The van der Waals surface area contributed by atoms with Gasteiger partial charge in [-0.1, -0.05) is 6.07 Å². The number of phenols is 1. The van der Waals surface area contributed by atoms with Crippen LogP contribution < -0.4 is 5.32 Å². The van der Waals surface area contributed by atoms with Gasteiger partial charge < -0.3 is 20.3 Å². The number of hydrogen-bond donors (Lipinski definition) is 3. The molecule has 6 nitrogen and oxygen atoms in total. The second-order valence-corrected chi connectivity index (χ2v) is 8.87. The third-order valence-electron chi connectivity index (χ3n) is 6.58. The molecule has 0 unspecified atom stereocenters. The first-order valence-corrected chi connectivity index (χ1v) is 10.4. The molecule has 1 spiro atoms. The van der Waals surface area contributed by atoms with E-state index in [4.69, 9.17) is 4.74 Å². The van der Waals surface area contributed by atoms with Crippen molar-refractivity contribution in [3.8, 4) is 17.0 Å². The van der Waals surface area contributed by atoms with Gasteiger partial charge in [0.25, 0.3) is 5.92 Å². The number of halogens is 2. The lowest BCUT2D eigenvalue weighted by molar-refractivity contribution is -0.135. The number of nitrogens with zero attached hydrogens (tertiary/aromatic N) is 2. The van der Waals surface area contributed by atoms with Crippen LogP contribution in [0.15, 0.2) is 18.2 Å². The maximum absolute atomic E-state index is 14.0. The summed E-state index contributed by atoms with van der Waals surface area (Å²) in [6.45, 7) is 2.20. The Morgan fingerprint density at radius 1 is 1.17 bits per heavy atom. The SMILES string of the molecule is Cc1ccc(-c2nnc(N[C@@H]3CCCC(F)(F)[C@H]3O)c3c2CC2(CC2)OC3)c(O)c1. The highest BCUT2D eigenvalue weighted by molar-refractivity contribution is 5.73. The fraction of sp³-hybridized carbons (Fsp3) is 0.545. The molecule has 2 aliphatic carbocycles. The predicted octanol–water partition coefficient (Wildman–Crippen LogP) is 3.72.